The summed E-state index contributed by atoms with van der Waals surface area (Å²) in [7, 11) is 0. The number of hydrogen-bond donors (Lipinski definition) is 26. The fraction of sp³-hybridized carbons (Fsp3) is 0.533. The molecule has 2 fully saturated rings. The first-order valence-corrected chi connectivity index (χ1v) is 40.1. The number of carbonyl (C=O) groups is 14. The van der Waals surface area contributed by atoms with Crippen LogP contribution in [0, 0.1) is 16.2 Å². The normalized spacial score (nSPS) is 16.1. The number of likely N-dealkylation sites (tertiary alicyclic amines) is 2. The lowest BCUT2D eigenvalue weighted by atomic mass is 10.0. The van der Waals surface area contributed by atoms with Crippen molar-refractivity contribution in [2.24, 2.45) is 34.4 Å². The summed E-state index contributed by atoms with van der Waals surface area (Å²) in [6.07, 6.45) is -0.458. The molecule has 0 aromatic heterocycles. The van der Waals surface area contributed by atoms with Crippen LogP contribution in [-0.4, -0.2) is 260 Å². The maximum Gasteiger partial charge on any atom is 0.326 e. The van der Waals surface area contributed by atoms with Gasteiger partial charge in [-0.15, -0.1) is 0 Å². The molecule has 3 aromatic carbocycles. The van der Waals surface area contributed by atoms with E-state index >= 15 is 9.59 Å². The molecule has 12 atom stereocenters. The van der Waals surface area contributed by atoms with E-state index in [1.807, 2.05) is 0 Å². The summed E-state index contributed by atoms with van der Waals surface area (Å²) in [5.41, 5.74) is 35.3. The van der Waals surface area contributed by atoms with Crippen molar-refractivity contribution in [3.05, 3.63) is 89.5 Å². The standard InChI is InChI=1S/C75H113N23O19S/c1-118-36-29-47(77)61(105)88-48(10-4-31-85-73(79)80)63(107)93-54(40-59(78)102)67(111)90-49(11-5-32-86-74(81)82)62(106)91-51(27-28-60(103)104)65(109)89-50(12-6-33-87-75(83)84)64(108)95-55(38-42-17-23-45(100)24-18-42)71(115)98-35-8-13-57(98)68(112)92-52(9-2-3-30-76)70(114)97-34-7-14-58(97)69(113)94-53(37-41-15-21-44(99)22-16-41)66(110)96-56(72(116)117)39-43-19-25-46(101)26-20-43/h15-26,47-58,99-101H,2-14,27-40,76-77H2,1H3,(H2,78,102)(H,88,105)(H,89,109)(H,90,111)(H,91,106)(H,92,112)(H,93,107)(H,94,113)(H,95,108)(H,96,110)(H,103,104)(H,116,117)(H4,79,80,85)(H4,81,82,86)(H4,83,84,87)/t47-,48-,49-,50-,51-,52-,53-,54-,55-,56-,57-,58-/m0/s1. The molecule has 0 aliphatic carbocycles. The van der Waals surface area contributed by atoms with Crippen molar-refractivity contribution in [2.45, 2.75) is 201 Å². The summed E-state index contributed by atoms with van der Waals surface area (Å²) in [6, 6.07) is -1.07. The van der Waals surface area contributed by atoms with Gasteiger partial charge in [0.2, 0.25) is 70.9 Å². The minimum atomic E-state index is -1.86. The number of unbranched alkanes of at least 4 members (excludes halogenated alkanes) is 1. The third kappa shape index (κ3) is 33.5. The predicted molar refractivity (Wildman–Crippen MR) is 432 cm³/mol. The van der Waals surface area contributed by atoms with Gasteiger partial charge in [-0.1, -0.05) is 36.4 Å². The van der Waals surface area contributed by atoms with Gasteiger partial charge in [0.1, 0.15) is 83.7 Å². The predicted octanol–water partition coefficient (Wildman–Crippen LogP) is -5.00. The summed E-state index contributed by atoms with van der Waals surface area (Å²) >= 11 is 1.41. The van der Waals surface area contributed by atoms with Crippen LogP contribution in [0.15, 0.2) is 72.8 Å². The first-order valence-electron chi connectivity index (χ1n) is 38.7. The molecule has 2 aliphatic rings. The van der Waals surface area contributed by atoms with E-state index in [0.29, 0.717) is 41.7 Å². The molecule has 2 aliphatic heterocycles. The summed E-state index contributed by atoms with van der Waals surface area (Å²) in [5, 5.41) is 104. The highest BCUT2D eigenvalue weighted by Gasteiger charge is 2.44. The SMILES string of the molecule is CSCC[C@H](N)C(=O)N[C@@H](CCCNC(=N)N)C(=O)N[C@@H](CC(N)=O)C(=O)N[C@@H](CCCNC(=N)N)C(=O)N[C@@H](CCC(=O)O)C(=O)N[C@@H](CCCNC(=N)N)C(=O)N[C@@H](Cc1ccc(O)cc1)C(=O)N1CCC[C@H]1C(=O)N[C@@H](CCCCN)C(=O)N1CCC[C@H]1C(=O)N[C@@H](Cc1ccc(O)cc1)C(=O)N[C@@H](Cc1ccc(O)cc1)C(=O)O. The molecule has 2 heterocycles. The van der Waals surface area contributed by atoms with Crippen molar-refractivity contribution in [2.75, 3.05) is 51.3 Å². The number of hydrogen-bond acceptors (Lipinski definition) is 23. The average molecular weight is 1670 g/mol. The smallest absolute Gasteiger partial charge is 0.326 e. The Morgan fingerprint density at radius 2 is 0.771 bits per heavy atom. The van der Waals surface area contributed by atoms with Gasteiger partial charge >= 0.3 is 11.9 Å². The molecule has 2 saturated heterocycles. The molecule has 3 aromatic rings. The van der Waals surface area contributed by atoms with Crippen LogP contribution < -0.4 is 98.2 Å². The van der Waals surface area contributed by atoms with Gasteiger partial charge in [-0.3, -0.25) is 78.6 Å². The number of carboxylic acid groups (broad SMARTS) is 2. The molecule has 118 heavy (non-hydrogen) atoms. The van der Waals surface area contributed by atoms with Crippen LogP contribution in [0.4, 0.5) is 0 Å². The Balaban J connectivity index is 1.43. The highest BCUT2D eigenvalue weighted by Crippen LogP contribution is 2.25. The molecule has 0 unspecified atom stereocenters. The zero-order valence-electron chi connectivity index (χ0n) is 65.7. The quantitative estimate of drug-likeness (QED) is 0.0143. The number of phenolic OH excluding ortho intramolecular Hbond substituents is 3. The number of phenols is 3. The number of rotatable bonds is 51. The molecule has 43 heteroatoms. The van der Waals surface area contributed by atoms with Gasteiger partial charge in [0.05, 0.1) is 12.5 Å². The number of thioether (sulfide) groups is 1. The highest BCUT2D eigenvalue weighted by molar-refractivity contribution is 7.98. The van der Waals surface area contributed by atoms with Crippen molar-refractivity contribution < 1.29 is 92.7 Å². The second-order valence-corrected chi connectivity index (χ2v) is 29.6. The highest BCUT2D eigenvalue weighted by atomic mass is 32.2. The number of amides is 12. The third-order valence-corrected chi connectivity index (χ3v) is 20.0. The maximum absolute atomic E-state index is 15.3. The number of aliphatic carboxylic acids is 2. The first kappa shape index (κ1) is 96.3. The lowest BCUT2D eigenvalue weighted by Gasteiger charge is -2.33. The zero-order valence-corrected chi connectivity index (χ0v) is 66.5. The van der Waals surface area contributed by atoms with Crippen molar-refractivity contribution in [3.63, 3.8) is 0 Å². The number of nitrogens with two attached hydrogens (primary N) is 6. The zero-order chi connectivity index (χ0) is 87.1. The number of benzene rings is 3. The largest absolute Gasteiger partial charge is 0.508 e. The Hall–Kier alpha value is -12.3. The Morgan fingerprint density at radius 3 is 1.16 bits per heavy atom. The van der Waals surface area contributed by atoms with Gasteiger partial charge in [0.25, 0.3) is 0 Å². The molecular formula is C75H113N23O19S. The van der Waals surface area contributed by atoms with E-state index in [4.69, 9.17) is 50.6 Å². The van der Waals surface area contributed by atoms with Crippen LogP contribution in [0.1, 0.15) is 126 Å². The van der Waals surface area contributed by atoms with E-state index < -0.39 is 187 Å². The second-order valence-electron chi connectivity index (χ2n) is 28.6. The van der Waals surface area contributed by atoms with E-state index in [1.165, 1.54) is 94.4 Å². The summed E-state index contributed by atoms with van der Waals surface area (Å²) in [6.45, 7) is 0.0463. The van der Waals surface area contributed by atoms with Crippen LogP contribution >= 0.6 is 11.8 Å². The van der Waals surface area contributed by atoms with Crippen molar-refractivity contribution >= 4 is 112 Å². The fourth-order valence-electron chi connectivity index (χ4n) is 13.1. The number of carboxylic acids is 2. The first-order chi connectivity index (χ1) is 56.1. The van der Waals surface area contributed by atoms with Crippen molar-refractivity contribution in [3.8, 4) is 17.2 Å². The van der Waals surface area contributed by atoms with E-state index in [2.05, 4.69) is 63.8 Å². The van der Waals surface area contributed by atoms with Crippen LogP contribution in [0.5, 0.6) is 17.2 Å². The van der Waals surface area contributed by atoms with Gasteiger partial charge in [-0.2, -0.15) is 11.8 Å². The molecule has 12 amide bonds. The average Bonchev–Trinajstić information content (AvgIpc) is 1.64. The molecule has 32 N–H and O–H groups in total. The van der Waals surface area contributed by atoms with Gasteiger partial charge in [0, 0.05) is 58.4 Å². The summed E-state index contributed by atoms with van der Waals surface area (Å²) < 4.78 is 0. The van der Waals surface area contributed by atoms with Crippen LogP contribution in [0.3, 0.4) is 0 Å². The maximum atomic E-state index is 15.3. The second kappa shape index (κ2) is 49.6. The molecule has 648 valence electrons. The molecular weight excluding hydrogens is 1560 g/mol. The number of primary amides is 1. The molecule has 0 spiro atoms. The Morgan fingerprint density at radius 1 is 0.432 bits per heavy atom. The van der Waals surface area contributed by atoms with Crippen LogP contribution in [0.2, 0.25) is 0 Å². The Bertz CT molecular complexity index is 3960. The van der Waals surface area contributed by atoms with Crippen molar-refractivity contribution in [1.29, 1.82) is 16.2 Å². The number of guanidine groups is 3. The third-order valence-electron chi connectivity index (χ3n) is 19.4. The monoisotopic (exact) mass is 1670 g/mol. The molecule has 42 nitrogen and oxygen atoms in total. The lowest BCUT2D eigenvalue weighted by Crippen LogP contribution is -2.61. The van der Waals surface area contributed by atoms with Gasteiger partial charge < -0.3 is 134 Å². The van der Waals surface area contributed by atoms with E-state index in [1.54, 1.807) is 6.26 Å². The van der Waals surface area contributed by atoms with Gasteiger partial charge in [-0.05, 0) is 168 Å². The van der Waals surface area contributed by atoms with Gasteiger partial charge in [-0.25, -0.2) is 4.79 Å². The molecule has 5 rings (SSSR count). The Labute approximate surface area is 685 Å². The van der Waals surface area contributed by atoms with Crippen LogP contribution in [-0.2, 0) is 86.4 Å². The topological polar surface area (TPSA) is 719 Å². The minimum absolute atomic E-state index is 0.00582. The van der Waals surface area contributed by atoms with E-state index in [0.717, 1.165) is 0 Å². The van der Waals surface area contributed by atoms with Gasteiger partial charge in [0.15, 0.2) is 17.9 Å². The summed E-state index contributed by atoms with van der Waals surface area (Å²) in [5.74, 6) is -15.5. The molecule has 0 saturated carbocycles. The van der Waals surface area contributed by atoms with Crippen molar-refractivity contribution in [1.82, 2.24) is 73.6 Å². The van der Waals surface area contributed by atoms with Crippen LogP contribution in [0.25, 0.3) is 0 Å². The number of nitrogens with one attached hydrogen (secondary N) is 15. The number of nitrogens with zero attached hydrogens (tertiary/aromatic N) is 2. The number of carbonyl (C=O) groups excluding carboxylic acids is 12. The Kier molecular flexibility index (Phi) is 40.5. The molecule has 0 radical (unpaired) electrons. The van der Waals surface area contributed by atoms with E-state index in [9.17, 15) is 83.1 Å². The van der Waals surface area contributed by atoms with E-state index in [-0.39, 0.29) is 152 Å². The molecule has 0 bridgehead atoms. The summed E-state index contributed by atoms with van der Waals surface area (Å²) in [4.78, 5) is 200. The lowest BCUT2D eigenvalue weighted by molar-refractivity contribution is -0.145. The number of aromatic hydroxyl groups is 3. The minimum Gasteiger partial charge on any atom is -0.508 e. The fourth-order valence-corrected chi connectivity index (χ4v) is 13.6.